The molecular weight excluding hydrogens is 394 g/mol. The van der Waals surface area contributed by atoms with Gasteiger partial charge in [0.15, 0.2) is 5.84 Å². The summed E-state index contributed by atoms with van der Waals surface area (Å²) in [5, 5.41) is 2.79. The third kappa shape index (κ3) is 4.94. The number of hydrogen-bond donors (Lipinski definition) is 1. The summed E-state index contributed by atoms with van der Waals surface area (Å²) < 4.78 is 28.3. The molecule has 0 bridgehead atoms. The van der Waals surface area contributed by atoms with Gasteiger partial charge in [0.05, 0.1) is 13.1 Å². The van der Waals surface area contributed by atoms with E-state index in [2.05, 4.69) is 9.71 Å². The van der Waals surface area contributed by atoms with Crippen molar-refractivity contribution in [3.05, 3.63) is 29.8 Å². The topological polar surface area (TPSA) is 102 Å². The third-order valence-electron chi connectivity index (χ3n) is 5.03. The number of carbonyl (C=O) groups is 2. The Kier molecular flexibility index (Phi) is 6.53. The first-order valence-corrected chi connectivity index (χ1v) is 11.2. The zero-order chi connectivity index (χ0) is 21.0. The predicted octanol–water partition coefficient (Wildman–Crippen LogP) is -0.262. The Morgan fingerprint density at radius 2 is 1.93 bits per heavy atom. The van der Waals surface area contributed by atoms with E-state index >= 15 is 0 Å². The molecule has 2 amide bonds. The van der Waals surface area contributed by atoms with E-state index in [1.54, 1.807) is 35.0 Å². The highest BCUT2D eigenvalue weighted by molar-refractivity contribution is 7.90. The molecule has 2 aliphatic rings. The molecule has 9 nitrogen and oxygen atoms in total. The normalized spacial score (nSPS) is 18.6. The van der Waals surface area contributed by atoms with E-state index in [1.807, 2.05) is 11.8 Å². The largest absolute Gasteiger partial charge is 0.355 e. The van der Waals surface area contributed by atoms with E-state index in [4.69, 9.17) is 0 Å². The number of sulfonamides is 1. The van der Waals surface area contributed by atoms with E-state index < -0.39 is 10.0 Å². The minimum atomic E-state index is -3.71. The van der Waals surface area contributed by atoms with Crippen LogP contribution in [0.1, 0.15) is 18.9 Å². The Bertz CT molecular complexity index is 915. The van der Waals surface area contributed by atoms with Gasteiger partial charge in [0.1, 0.15) is 4.90 Å². The van der Waals surface area contributed by atoms with Crippen molar-refractivity contribution in [2.75, 3.05) is 52.9 Å². The van der Waals surface area contributed by atoms with Crippen LogP contribution in [-0.2, 0) is 19.6 Å². The van der Waals surface area contributed by atoms with Crippen LogP contribution in [0.2, 0.25) is 0 Å². The van der Waals surface area contributed by atoms with Crippen LogP contribution in [0.5, 0.6) is 0 Å². The van der Waals surface area contributed by atoms with E-state index in [9.17, 15) is 18.0 Å². The summed E-state index contributed by atoms with van der Waals surface area (Å²) in [7, 11) is -2.04. The molecule has 1 aromatic rings. The van der Waals surface area contributed by atoms with Crippen molar-refractivity contribution in [1.82, 2.24) is 20.0 Å². The van der Waals surface area contributed by atoms with E-state index in [0.717, 1.165) is 13.0 Å². The number of benzene rings is 1. The van der Waals surface area contributed by atoms with Crippen LogP contribution in [0.3, 0.4) is 0 Å². The first kappa shape index (κ1) is 21.3. The number of amides is 2. The maximum absolute atomic E-state index is 12.8. The molecule has 0 spiro atoms. The molecule has 10 heteroatoms. The molecule has 0 radical (unpaired) electrons. The Hall–Kier alpha value is -2.46. The Morgan fingerprint density at radius 1 is 1.17 bits per heavy atom. The fourth-order valence-corrected chi connectivity index (χ4v) is 4.83. The lowest BCUT2D eigenvalue weighted by atomic mass is 10.2. The smallest absolute Gasteiger partial charge is 0.285 e. The van der Waals surface area contributed by atoms with Gasteiger partial charge in [0, 0.05) is 45.3 Å². The van der Waals surface area contributed by atoms with Gasteiger partial charge in [-0.05, 0) is 25.5 Å². The van der Waals surface area contributed by atoms with Crippen molar-refractivity contribution in [3.8, 4) is 0 Å². The zero-order valence-electron chi connectivity index (χ0n) is 16.8. The van der Waals surface area contributed by atoms with Gasteiger partial charge in [-0.1, -0.05) is 12.1 Å². The van der Waals surface area contributed by atoms with E-state index in [1.165, 1.54) is 6.07 Å². The molecule has 2 aliphatic heterocycles. The highest BCUT2D eigenvalue weighted by Gasteiger charge is 2.31. The summed E-state index contributed by atoms with van der Waals surface area (Å²) in [6.07, 6.45) is 0.785. The molecular formula is C19H27N5O4S. The Labute approximate surface area is 171 Å². The van der Waals surface area contributed by atoms with Gasteiger partial charge in [-0.25, -0.2) is 0 Å². The number of hydrogen-bond acceptors (Lipinski definition) is 6. The predicted molar refractivity (Wildman–Crippen MR) is 109 cm³/mol. The third-order valence-corrected chi connectivity index (χ3v) is 6.35. The maximum atomic E-state index is 12.8. The maximum Gasteiger partial charge on any atom is 0.285 e. The van der Waals surface area contributed by atoms with Gasteiger partial charge in [0.25, 0.3) is 10.0 Å². The molecule has 0 atom stereocenters. The van der Waals surface area contributed by atoms with Crippen LogP contribution >= 0.6 is 0 Å². The minimum absolute atomic E-state index is 0.00821. The summed E-state index contributed by atoms with van der Waals surface area (Å²) in [4.78, 5) is 30.2. The fourth-order valence-electron chi connectivity index (χ4n) is 3.58. The van der Waals surface area contributed by atoms with Gasteiger partial charge >= 0.3 is 0 Å². The number of nitrogens with zero attached hydrogens (tertiary/aromatic N) is 4. The summed E-state index contributed by atoms with van der Waals surface area (Å²) in [6.45, 7) is 5.40. The lowest BCUT2D eigenvalue weighted by Gasteiger charge is -2.25. The standard InChI is InChI=1S/C19H27N5O4S/c1-3-20-17(25)13-23-9-6-10-24(12-11-23)18(26)14-22(2)19-15-7-4-5-8-16(15)29(27,28)21-19/h4-5,7-8H,3,6,9-14H2,1-2H3,(H,20,25). The summed E-state index contributed by atoms with van der Waals surface area (Å²) in [6, 6.07) is 6.63. The van der Waals surface area contributed by atoms with Crippen molar-refractivity contribution in [2.45, 2.75) is 18.2 Å². The number of amidine groups is 1. The van der Waals surface area contributed by atoms with Gasteiger partial charge in [-0.15, -0.1) is 4.40 Å². The van der Waals surface area contributed by atoms with Crippen LogP contribution < -0.4 is 5.32 Å². The number of carbonyl (C=O) groups excluding carboxylic acids is 2. The number of likely N-dealkylation sites (N-methyl/N-ethyl adjacent to an activating group) is 2. The fraction of sp³-hybridized carbons (Fsp3) is 0.526. The zero-order valence-corrected chi connectivity index (χ0v) is 17.6. The van der Waals surface area contributed by atoms with Crippen molar-refractivity contribution in [2.24, 2.45) is 4.40 Å². The van der Waals surface area contributed by atoms with Crippen molar-refractivity contribution < 1.29 is 18.0 Å². The van der Waals surface area contributed by atoms with Gasteiger partial charge < -0.3 is 15.1 Å². The second kappa shape index (κ2) is 8.91. The molecule has 1 saturated heterocycles. The molecule has 1 aromatic carbocycles. The van der Waals surface area contributed by atoms with Crippen LogP contribution in [0.4, 0.5) is 0 Å². The molecule has 0 unspecified atom stereocenters. The molecule has 0 aliphatic carbocycles. The Morgan fingerprint density at radius 3 is 2.69 bits per heavy atom. The molecule has 2 heterocycles. The van der Waals surface area contributed by atoms with Crippen LogP contribution in [0.25, 0.3) is 0 Å². The van der Waals surface area contributed by atoms with E-state index in [-0.39, 0.29) is 23.3 Å². The summed E-state index contributed by atoms with van der Waals surface area (Å²) in [5.41, 5.74) is 0.520. The molecule has 29 heavy (non-hydrogen) atoms. The van der Waals surface area contributed by atoms with Crippen molar-refractivity contribution in [1.29, 1.82) is 0 Å². The van der Waals surface area contributed by atoms with Gasteiger partial charge in [0.2, 0.25) is 11.8 Å². The second-order valence-electron chi connectivity index (χ2n) is 7.21. The van der Waals surface area contributed by atoms with Gasteiger partial charge in [-0.3, -0.25) is 14.5 Å². The lowest BCUT2D eigenvalue weighted by molar-refractivity contribution is -0.131. The lowest BCUT2D eigenvalue weighted by Crippen LogP contribution is -2.43. The highest BCUT2D eigenvalue weighted by Crippen LogP contribution is 2.26. The highest BCUT2D eigenvalue weighted by atomic mass is 32.2. The summed E-state index contributed by atoms with van der Waals surface area (Å²) >= 11 is 0. The molecule has 0 aromatic heterocycles. The molecule has 1 N–H and O–H groups in total. The van der Waals surface area contributed by atoms with Crippen LogP contribution in [-0.4, -0.2) is 93.6 Å². The van der Waals surface area contributed by atoms with Gasteiger partial charge in [-0.2, -0.15) is 8.42 Å². The van der Waals surface area contributed by atoms with Crippen LogP contribution in [0, 0.1) is 0 Å². The molecule has 1 fully saturated rings. The molecule has 158 valence electrons. The summed E-state index contributed by atoms with van der Waals surface area (Å²) in [5.74, 6) is 0.199. The number of fused-ring (bicyclic) bond motifs is 1. The van der Waals surface area contributed by atoms with Crippen molar-refractivity contribution in [3.63, 3.8) is 0 Å². The number of rotatable bonds is 5. The first-order chi connectivity index (χ1) is 13.8. The van der Waals surface area contributed by atoms with Crippen LogP contribution in [0.15, 0.2) is 33.6 Å². The van der Waals surface area contributed by atoms with Crippen molar-refractivity contribution >= 4 is 27.7 Å². The molecule has 0 saturated carbocycles. The Balaban J connectivity index is 1.60. The first-order valence-electron chi connectivity index (χ1n) is 9.74. The average molecular weight is 422 g/mol. The molecule has 3 rings (SSSR count). The minimum Gasteiger partial charge on any atom is -0.355 e. The monoisotopic (exact) mass is 421 g/mol. The van der Waals surface area contributed by atoms with E-state index in [0.29, 0.717) is 44.1 Å². The number of nitrogens with one attached hydrogen (secondary N) is 1. The quantitative estimate of drug-likeness (QED) is 0.703. The SMILES string of the molecule is CCNC(=O)CN1CCCN(C(=O)CN(C)C2=NS(=O)(=O)c3ccccc32)CC1. The average Bonchev–Trinajstić information content (AvgIpc) is 2.81. The second-order valence-corrected chi connectivity index (χ2v) is 8.78.